The Morgan fingerprint density at radius 3 is 2.00 bits per heavy atom. The fourth-order valence-electron chi connectivity index (χ4n) is 1.44. The van der Waals surface area contributed by atoms with Crippen LogP contribution in [0.3, 0.4) is 0 Å². The Labute approximate surface area is 106 Å². The molecule has 0 atom stereocenters. The molecule has 3 heteroatoms. The zero-order valence-corrected chi connectivity index (χ0v) is 9.91. The first kappa shape index (κ1) is 12.2. The maximum absolute atomic E-state index is 11.5. The van der Waals surface area contributed by atoms with Crippen LogP contribution in [0.25, 0.3) is 0 Å². The Balaban J connectivity index is 1.73. The zero-order valence-electron chi connectivity index (χ0n) is 9.91. The van der Waals surface area contributed by atoms with Gasteiger partial charge in [-0.3, -0.25) is 4.79 Å². The summed E-state index contributed by atoms with van der Waals surface area (Å²) < 4.78 is 10.5. The molecular formula is C15H14O3. The fourth-order valence-corrected chi connectivity index (χ4v) is 1.44. The second kappa shape index (κ2) is 6.45. The molecule has 0 aromatic heterocycles. The van der Waals surface area contributed by atoms with E-state index in [1.807, 2.05) is 48.5 Å². The van der Waals surface area contributed by atoms with E-state index in [0.717, 1.165) is 5.75 Å². The van der Waals surface area contributed by atoms with Crippen LogP contribution in [-0.2, 0) is 4.79 Å². The minimum absolute atomic E-state index is 0.226. The Kier molecular flexibility index (Phi) is 4.36. The summed E-state index contributed by atoms with van der Waals surface area (Å²) in [6.07, 6.45) is 0.226. The quantitative estimate of drug-likeness (QED) is 0.597. The van der Waals surface area contributed by atoms with Crippen LogP contribution in [0.15, 0.2) is 60.7 Å². The van der Waals surface area contributed by atoms with E-state index in [0.29, 0.717) is 12.4 Å². The van der Waals surface area contributed by atoms with Crippen LogP contribution in [0.5, 0.6) is 11.5 Å². The largest absolute Gasteiger partial charge is 0.493 e. The maximum Gasteiger partial charge on any atom is 0.314 e. The molecule has 0 aliphatic rings. The Hall–Kier alpha value is -2.29. The molecule has 2 aromatic rings. The third-order valence-corrected chi connectivity index (χ3v) is 2.29. The lowest BCUT2D eigenvalue weighted by Gasteiger charge is -2.06. The molecule has 0 radical (unpaired) electrons. The van der Waals surface area contributed by atoms with E-state index in [-0.39, 0.29) is 12.4 Å². The van der Waals surface area contributed by atoms with Gasteiger partial charge in [-0.05, 0) is 24.3 Å². The molecule has 18 heavy (non-hydrogen) atoms. The molecule has 2 aromatic carbocycles. The summed E-state index contributed by atoms with van der Waals surface area (Å²) in [7, 11) is 0. The highest BCUT2D eigenvalue weighted by Crippen LogP contribution is 2.11. The van der Waals surface area contributed by atoms with Crippen LogP contribution < -0.4 is 9.47 Å². The average molecular weight is 242 g/mol. The average Bonchev–Trinajstić information content (AvgIpc) is 2.41. The van der Waals surface area contributed by atoms with Crippen molar-refractivity contribution in [2.75, 3.05) is 6.61 Å². The molecule has 0 saturated heterocycles. The van der Waals surface area contributed by atoms with Crippen molar-refractivity contribution in [1.29, 1.82) is 0 Å². The van der Waals surface area contributed by atoms with Crippen LogP contribution in [0.4, 0.5) is 0 Å². The van der Waals surface area contributed by atoms with E-state index in [4.69, 9.17) is 9.47 Å². The van der Waals surface area contributed by atoms with E-state index >= 15 is 0 Å². The van der Waals surface area contributed by atoms with Gasteiger partial charge in [-0.2, -0.15) is 0 Å². The number of hydrogen-bond acceptors (Lipinski definition) is 3. The molecule has 92 valence electrons. The second-order valence-electron chi connectivity index (χ2n) is 3.70. The molecule has 0 spiro atoms. The van der Waals surface area contributed by atoms with Crippen molar-refractivity contribution in [3.63, 3.8) is 0 Å². The minimum Gasteiger partial charge on any atom is -0.493 e. The predicted octanol–water partition coefficient (Wildman–Crippen LogP) is 3.06. The molecule has 0 fully saturated rings. The van der Waals surface area contributed by atoms with Gasteiger partial charge in [0.1, 0.15) is 11.5 Å². The van der Waals surface area contributed by atoms with Crippen molar-refractivity contribution in [2.45, 2.75) is 6.42 Å². The van der Waals surface area contributed by atoms with Gasteiger partial charge in [0, 0.05) is 0 Å². The number of para-hydroxylation sites is 2. The lowest BCUT2D eigenvalue weighted by molar-refractivity contribution is -0.134. The highest BCUT2D eigenvalue weighted by molar-refractivity contribution is 5.72. The molecule has 0 bridgehead atoms. The fraction of sp³-hybridized carbons (Fsp3) is 0.133. The number of ether oxygens (including phenoxy) is 2. The number of benzene rings is 2. The number of hydrogen-bond donors (Lipinski definition) is 0. The van der Waals surface area contributed by atoms with Crippen LogP contribution in [-0.4, -0.2) is 12.6 Å². The summed E-state index contributed by atoms with van der Waals surface area (Å²) in [5.41, 5.74) is 0. The van der Waals surface area contributed by atoms with Crippen molar-refractivity contribution in [3.05, 3.63) is 60.7 Å². The van der Waals surface area contributed by atoms with E-state index in [9.17, 15) is 4.79 Å². The lowest BCUT2D eigenvalue weighted by atomic mass is 10.3. The Bertz CT molecular complexity index is 480. The standard InChI is InChI=1S/C15H14O3/c16-15(18-14-9-5-2-6-10-14)11-12-17-13-7-3-1-4-8-13/h1-10H,11-12H2. The highest BCUT2D eigenvalue weighted by Gasteiger charge is 2.04. The van der Waals surface area contributed by atoms with Gasteiger partial charge < -0.3 is 9.47 Å². The van der Waals surface area contributed by atoms with E-state index in [1.165, 1.54) is 0 Å². The molecule has 2 rings (SSSR count). The molecule has 0 aliphatic heterocycles. The molecule has 0 saturated carbocycles. The van der Waals surface area contributed by atoms with E-state index < -0.39 is 0 Å². The van der Waals surface area contributed by atoms with Crippen LogP contribution >= 0.6 is 0 Å². The summed E-state index contributed by atoms with van der Waals surface area (Å²) in [5.74, 6) is 1.02. The van der Waals surface area contributed by atoms with Crippen molar-refractivity contribution < 1.29 is 14.3 Å². The van der Waals surface area contributed by atoms with Gasteiger partial charge in [-0.25, -0.2) is 0 Å². The monoisotopic (exact) mass is 242 g/mol. The number of rotatable bonds is 5. The first-order chi connectivity index (χ1) is 8.84. The van der Waals surface area contributed by atoms with Crippen LogP contribution in [0, 0.1) is 0 Å². The van der Waals surface area contributed by atoms with E-state index in [2.05, 4.69) is 0 Å². The zero-order chi connectivity index (χ0) is 12.6. The van der Waals surface area contributed by atoms with Crippen LogP contribution in [0.2, 0.25) is 0 Å². The van der Waals surface area contributed by atoms with Crippen molar-refractivity contribution in [1.82, 2.24) is 0 Å². The first-order valence-corrected chi connectivity index (χ1v) is 5.78. The number of esters is 1. The summed E-state index contributed by atoms with van der Waals surface area (Å²) >= 11 is 0. The Morgan fingerprint density at radius 2 is 1.39 bits per heavy atom. The molecule has 0 amide bonds. The van der Waals surface area contributed by atoms with Gasteiger partial charge in [0.25, 0.3) is 0 Å². The highest BCUT2D eigenvalue weighted by atomic mass is 16.5. The van der Waals surface area contributed by atoms with Gasteiger partial charge >= 0.3 is 5.97 Å². The molecule has 0 heterocycles. The summed E-state index contributed by atoms with van der Waals surface area (Å²) in [6, 6.07) is 18.4. The third-order valence-electron chi connectivity index (χ3n) is 2.29. The lowest BCUT2D eigenvalue weighted by Crippen LogP contribution is -2.12. The minimum atomic E-state index is -0.294. The van der Waals surface area contributed by atoms with E-state index in [1.54, 1.807) is 12.1 Å². The van der Waals surface area contributed by atoms with Crippen molar-refractivity contribution in [3.8, 4) is 11.5 Å². The van der Waals surface area contributed by atoms with Crippen molar-refractivity contribution >= 4 is 5.97 Å². The summed E-state index contributed by atoms with van der Waals surface area (Å²) in [6.45, 7) is 0.315. The topological polar surface area (TPSA) is 35.5 Å². The van der Waals surface area contributed by atoms with Gasteiger partial charge in [0.05, 0.1) is 13.0 Å². The predicted molar refractivity (Wildman–Crippen MR) is 68.6 cm³/mol. The molecule has 3 nitrogen and oxygen atoms in total. The third kappa shape index (κ3) is 3.94. The second-order valence-corrected chi connectivity index (χ2v) is 3.70. The SMILES string of the molecule is O=C(CCOc1ccccc1)Oc1ccccc1. The molecule has 0 unspecified atom stereocenters. The smallest absolute Gasteiger partial charge is 0.314 e. The van der Waals surface area contributed by atoms with Gasteiger partial charge in [0.15, 0.2) is 0 Å². The molecule has 0 N–H and O–H groups in total. The summed E-state index contributed by atoms with van der Waals surface area (Å²) in [4.78, 5) is 11.5. The van der Waals surface area contributed by atoms with Crippen LogP contribution in [0.1, 0.15) is 6.42 Å². The normalized spacial score (nSPS) is 9.78. The molecule has 0 aliphatic carbocycles. The first-order valence-electron chi connectivity index (χ1n) is 5.78. The van der Waals surface area contributed by atoms with Gasteiger partial charge in [-0.1, -0.05) is 36.4 Å². The maximum atomic E-state index is 11.5. The molecular weight excluding hydrogens is 228 g/mol. The van der Waals surface area contributed by atoms with Crippen molar-refractivity contribution in [2.24, 2.45) is 0 Å². The number of carbonyl (C=O) groups is 1. The number of carbonyl (C=O) groups excluding carboxylic acids is 1. The summed E-state index contributed by atoms with van der Waals surface area (Å²) in [5, 5.41) is 0. The van der Waals surface area contributed by atoms with Gasteiger partial charge in [0.2, 0.25) is 0 Å². The Morgan fingerprint density at radius 1 is 0.833 bits per heavy atom. The van der Waals surface area contributed by atoms with Gasteiger partial charge in [-0.15, -0.1) is 0 Å².